The third-order valence-corrected chi connectivity index (χ3v) is 3.43. The molecule has 1 heterocycles. The van der Waals surface area contributed by atoms with E-state index in [-0.39, 0.29) is 22.8 Å². The van der Waals surface area contributed by atoms with Crippen molar-refractivity contribution in [3.05, 3.63) is 50.7 Å². The van der Waals surface area contributed by atoms with E-state index in [2.05, 4.69) is 10.3 Å². The number of rotatable bonds is 4. The fourth-order valence-corrected chi connectivity index (χ4v) is 2.29. The second-order valence-corrected chi connectivity index (χ2v) is 5.12. The van der Waals surface area contributed by atoms with Gasteiger partial charge in [0.25, 0.3) is 5.91 Å². The fourth-order valence-electron chi connectivity index (χ4n) is 1.41. The number of carboxylic acid groups (broad SMARTS) is 1. The summed E-state index contributed by atoms with van der Waals surface area (Å²) in [6.45, 7) is 0.0166. The van der Waals surface area contributed by atoms with Gasteiger partial charge in [-0.1, -0.05) is 11.6 Å². The number of amides is 1. The Morgan fingerprint density at radius 2 is 2.20 bits per heavy atom. The quantitative estimate of drug-likeness (QED) is 0.909. The van der Waals surface area contributed by atoms with Gasteiger partial charge >= 0.3 is 5.97 Å². The number of aromatic nitrogens is 1. The zero-order valence-corrected chi connectivity index (χ0v) is 11.5. The second-order valence-electron chi connectivity index (χ2n) is 3.74. The van der Waals surface area contributed by atoms with E-state index in [0.717, 1.165) is 17.4 Å². The van der Waals surface area contributed by atoms with Crippen LogP contribution in [0.5, 0.6) is 0 Å². The van der Waals surface area contributed by atoms with Gasteiger partial charge in [-0.3, -0.25) is 4.79 Å². The molecule has 2 N–H and O–H groups in total. The zero-order chi connectivity index (χ0) is 14.7. The Morgan fingerprint density at radius 1 is 1.45 bits per heavy atom. The minimum Gasteiger partial charge on any atom is -0.476 e. The van der Waals surface area contributed by atoms with Crippen molar-refractivity contribution in [2.75, 3.05) is 0 Å². The van der Waals surface area contributed by atoms with Gasteiger partial charge in [0.1, 0.15) is 10.8 Å². The predicted octanol–water partition coefficient (Wildman–Crippen LogP) is 2.56. The van der Waals surface area contributed by atoms with E-state index in [9.17, 15) is 14.0 Å². The lowest BCUT2D eigenvalue weighted by molar-refractivity contribution is 0.0691. The first-order valence-corrected chi connectivity index (χ1v) is 6.64. The van der Waals surface area contributed by atoms with Crippen LogP contribution in [0, 0.1) is 5.82 Å². The molecule has 104 valence electrons. The summed E-state index contributed by atoms with van der Waals surface area (Å²) in [6, 6.07) is 3.66. The van der Waals surface area contributed by atoms with Crippen LogP contribution in [0.2, 0.25) is 5.02 Å². The van der Waals surface area contributed by atoms with Crippen LogP contribution in [-0.4, -0.2) is 22.0 Å². The van der Waals surface area contributed by atoms with E-state index in [1.807, 2.05) is 0 Å². The number of carbonyl (C=O) groups excluding carboxylic acids is 1. The van der Waals surface area contributed by atoms with Crippen LogP contribution in [-0.2, 0) is 6.54 Å². The highest BCUT2D eigenvalue weighted by atomic mass is 35.5. The SMILES string of the molecule is O=C(O)c1csc(CNC(=O)c2cc(Cl)ccc2F)n1. The van der Waals surface area contributed by atoms with E-state index in [4.69, 9.17) is 16.7 Å². The summed E-state index contributed by atoms with van der Waals surface area (Å²) in [5.74, 6) is -2.46. The van der Waals surface area contributed by atoms with Gasteiger partial charge in [-0.25, -0.2) is 14.2 Å². The normalized spacial score (nSPS) is 10.3. The first kappa shape index (κ1) is 14.4. The molecule has 0 spiro atoms. The number of thiazole rings is 1. The van der Waals surface area contributed by atoms with E-state index in [0.29, 0.717) is 5.01 Å². The molecule has 2 rings (SSSR count). The highest BCUT2D eigenvalue weighted by molar-refractivity contribution is 7.09. The molecule has 1 aromatic carbocycles. The van der Waals surface area contributed by atoms with Crippen molar-refractivity contribution in [3.63, 3.8) is 0 Å². The van der Waals surface area contributed by atoms with Gasteiger partial charge < -0.3 is 10.4 Å². The van der Waals surface area contributed by atoms with Crippen LogP contribution in [0.15, 0.2) is 23.6 Å². The lowest BCUT2D eigenvalue weighted by Gasteiger charge is -2.04. The summed E-state index contributed by atoms with van der Waals surface area (Å²) in [6.07, 6.45) is 0. The molecule has 0 unspecified atom stereocenters. The van der Waals surface area contributed by atoms with Crippen molar-refractivity contribution in [2.24, 2.45) is 0 Å². The topological polar surface area (TPSA) is 79.3 Å². The summed E-state index contributed by atoms with van der Waals surface area (Å²) in [5.41, 5.74) is -0.263. The van der Waals surface area contributed by atoms with Crippen molar-refractivity contribution in [1.29, 1.82) is 0 Å². The standard InChI is InChI=1S/C12H8ClFN2O3S/c13-6-1-2-8(14)7(3-6)11(17)15-4-10-16-9(5-20-10)12(18)19/h1-3,5H,4H2,(H,15,17)(H,18,19). The van der Waals surface area contributed by atoms with Crippen molar-refractivity contribution in [3.8, 4) is 0 Å². The number of hydrogen-bond donors (Lipinski definition) is 2. The molecule has 0 bridgehead atoms. The van der Waals surface area contributed by atoms with Gasteiger partial charge in [0.2, 0.25) is 0 Å². The van der Waals surface area contributed by atoms with Gasteiger partial charge in [-0.05, 0) is 18.2 Å². The van der Waals surface area contributed by atoms with Crippen LogP contribution in [0.1, 0.15) is 25.9 Å². The van der Waals surface area contributed by atoms with E-state index in [1.54, 1.807) is 0 Å². The van der Waals surface area contributed by atoms with Gasteiger partial charge in [-0.15, -0.1) is 11.3 Å². The molecule has 0 aliphatic carbocycles. The maximum Gasteiger partial charge on any atom is 0.355 e. The molecule has 5 nitrogen and oxygen atoms in total. The van der Waals surface area contributed by atoms with Gasteiger partial charge in [0, 0.05) is 10.4 Å². The number of carboxylic acids is 1. The largest absolute Gasteiger partial charge is 0.476 e. The van der Waals surface area contributed by atoms with E-state index >= 15 is 0 Å². The van der Waals surface area contributed by atoms with Crippen LogP contribution < -0.4 is 5.32 Å². The molecule has 20 heavy (non-hydrogen) atoms. The molecule has 0 saturated heterocycles. The minimum atomic E-state index is -1.14. The maximum atomic E-state index is 13.4. The third kappa shape index (κ3) is 3.31. The molecule has 1 aromatic heterocycles. The Bertz CT molecular complexity index is 674. The molecule has 0 aliphatic heterocycles. The molecule has 1 amide bonds. The van der Waals surface area contributed by atoms with Crippen LogP contribution in [0.4, 0.5) is 4.39 Å². The van der Waals surface area contributed by atoms with Gasteiger partial charge in [0.15, 0.2) is 5.69 Å². The van der Waals surface area contributed by atoms with Crippen LogP contribution >= 0.6 is 22.9 Å². The van der Waals surface area contributed by atoms with Crippen molar-refractivity contribution in [2.45, 2.75) is 6.54 Å². The van der Waals surface area contributed by atoms with Gasteiger partial charge in [-0.2, -0.15) is 0 Å². The number of benzene rings is 1. The number of nitrogens with zero attached hydrogens (tertiary/aromatic N) is 1. The Labute approximate surface area is 122 Å². The Balaban J connectivity index is 2.04. The number of hydrogen-bond acceptors (Lipinski definition) is 4. The van der Waals surface area contributed by atoms with Crippen molar-refractivity contribution >= 4 is 34.8 Å². The number of carbonyl (C=O) groups is 2. The van der Waals surface area contributed by atoms with Crippen molar-refractivity contribution in [1.82, 2.24) is 10.3 Å². The smallest absolute Gasteiger partial charge is 0.355 e. The first-order valence-electron chi connectivity index (χ1n) is 5.38. The molecular weight excluding hydrogens is 307 g/mol. The summed E-state index contributed by atoms with van der Waals surface area (Å²) >= 11 is 6.79. The van der Waals surface area contributed by atoms with Gasteiger partial charge in [0.05, 0.1) is 12.1 Å². The second kappa shape index (κ2) is 5.98. The lowest BCUT2D eigenvalue weighted by Crippen LogP contribution is -2.23. The Kier molecular flexibility index (Phi) is 4.31. The summed E-state index contributed by atoms with van der Waals surface area (Å²) in [5, 5.41) is 13.2. The lowest BCUT2D eigenvalue weighted by atomic mass is 10.2. The summed E-state index contributed by atoms with van der Waals surface area (Å²) < 4.78 is 13.4. The molecule has 0 aliphatic rings. The van der Waals surface area contributed by atoms with E-state index in [1.165, 1.54) is 17.5 Å². The maximum absolute atomic E-state index is 13.4. The highest BCUT2D eigenvalue weighted by Gasteiger charge is 2.13. The average Bonchev–Trinajstić information content (AvgIpc) is 2.88. The monoisotopic (exact) mass is 314 g/mol. The van der Waals surface area contributed by atoms with Crippen LogP contribution in [0.25, 0.3) is 0 Å². The third-order valence-electron chi connectivity index (χ3n) is 2.34. The molecular formula is C12H8ClFN2O3S. The molecule has 0 atom stereocenters. The molecule has 0 fully saturated rings. The summed E-state index contributed by atoms with van der Waals surface area (Å²) in [4.78, 5) is 26.2. The summed E-state index contributed by atoms with van der Waals surface area (Å²) in [7, 11) is 0. The molecule has 0 saturated carbocycles. The number of nitrogens with one attached hydrogen (secondary N) is 1. The highest BCUT2D eigenvalue weighted by Crippen LogP contribution is 2.15. The Hall–Kier alpha value is -1.99. The van der Waals surface area contributed by atoms with E-state index < -0.39 is 17.7 Å². The van der Waals surface area contributed by atoms with Crippen LogP contribution in [0.3, 0.4) is 0 Å². The predicted molar refractivity (Wildman–Crippen MR) is 71.7 cm³/mol. The first-order chi connectivity index (χ1) is 9.47. The molecule has 8 heteroatoms. The minimum absolute atomic E-state index is 0.0166. The average molecular weight is 315 g/mol. The zero-order valence-electron chi connectivity index (χ0n) is 9.89. The molecule has 2 aromatic rings. The number of halogens is 2. The Morgan fingerprint density at radius 3 is 2.85 bits per heavy atom. The number of aromatic carboxylic acids is 1. The van der Waals surface area contributed by atoms with Crippen molar-refractivity contribution < 1.29 is 19.1 Å². The molecule has 0 radical (unpaired) electrons. The fraction of sp³-hybridized carbons (Fsp3) is 0.0833.